The van der Waals surface area contributed by atoms with Crippen molar-refractivity contribution in [2.24, 2.45) is 7.05 Å². The number of anilines is 1. The lowest BCUT2D eigenvalue weighted by atomic mass is 9.95. The van der Waals surface area contributed by atoms with Crippen LogP contribution in [0.1, 0.15) is 109 Å². The Kier molecular flexibility index (Phi) is 14.8. The summed E-state index contributed by atoms with van der Waals surface area (Å²) in [6.45, 7) is 9.02. The van der Waals surface area contributed by atoms with Gasteiger partial charge >= 0.3 is 23.9 Å². The van der Waals surface area contributed by atoms with E-state index in [-0.39, 0.29) is 96.9 Å². The molecule has 21 heteroatoms. The van der Waals surface area contributed by atoms with Crippen molar-refractivity contribution < 1.29 is 46.9 Å². The van der Waals surface area contributed by atoms with Crippen LogP contribution in [0, 0.1) is 35.8 Å². The second-order valence-electron chi connectivity index (χ2n) is 23.7. The summed E-state index contributed by atoms with van der Waals surface area (Å²) < 4.78 is 60.2. The van der Waals surface area contributed by atoms with Crippen LogP contribution < -0.4 is 20.6 Å². The maximum atomic E-state index is 17.4. The Morgan fingerprint density at radius 1 is 0.916 bits per heavy atom. The van der Waals surface area contributed by atoms with E-state index in [0.717, 1.165) is 45.1 Å². The van der Waals surface area contributed by atoms with Crippen molar-refractivity contribution in [1.82, 2.24) is 44.1 Å². The van der Waals surface area contributed by atoms with E-state index in [1.807, 2.05) is 37.8 Å². The van der Waals surface area contributed by atoms with Gasteiger partial charge in [0.15, 0.2) is 5.82 Å². The predicted octanol–water partition coefficient (Wildman–Crippen LogP) is 7.76. The van der Waals surface area contributed by atoms with Crippen molar-refractivity contribution >= 4 is 62.5 Å². The van der Waals surface area contributed by atoms with Crippen molar-refractivity contribution in [1.29, 1.82) is 0 Å². The van der Waals surface area contributed by atoms with Gasteiger partial charge in [-0.05, 0) is 115 Å². The fourth-order valence-corrected chi connectivity index (χ4v) is 13.5. The second-order valence-corrected chi connectivity index (χ2v) is 23.7. The molecule has 0 radical (unpaired) electrons. The van der Waals surface area contributed by atoms with E-state index >= 15 is 8.78 Å². The summed E-state index contributed by atoms with van der Waals surface area (Å²) in [5.41, 5.74) is 0.818. The number of benzene rings is 3. The van der Waals surface area contributed by atoms with Crippen LogP contribution in [-0.4, -0.2) is 151 Å². The molecular formula is C62H66F2N10O9. The highest BCUT2D eigenvalue weighted by molar-refractivity contribution is 6.02. The third-order valence-electron chi connectivity index (χ3n) is 17.5. The first-order valence-electron chi connectivity index (χ1n) is 28.7. The minimum atomic E-state index is -0.759. The summed E-state index contributed by atoms with van der Waals surface area (Å²) in [4.78, 5) is 86.9. The van der Waals surface area contributed by atoms with E-state index < -0.39 is 34.7 Å². The lowest BCUT2D eigenvalue weighted by Gasteiger charge is -2.42. The van der Waals surface area contributed by atoms with E-state index in [0.29, 0.717) is 96.2 Å². The maximum Gasteiger partial charge on any atom is 0.410 e. The molecule has 6 aliphatic rings. The number of aryl methyl sites for hydroxylation is 1. The number of fused-ring (bicyclic) bond motifs is 6. The first-order valence-corrected chi connectivity index (χ1v) is 28.7. The third-order valence-corrected chi connectivity index (χ3v) is 17.5. The van der Waals surface area contributed by atoms with Gasteiger partial charge in [-0.2, -0.15) is 9.97 Å². The molecule has 3 aromatic heterocycles. The number of nitrogens with zero attached hydrogens (tertiary/aromatic N) is 9. The molecule has 6 aliphatic heterocycles. The zero-order valence-corrected chi connectivity index (χ0v) is 47.1. The van der Waals surface area contributed by atoms with Crippen molar-refractivity contribution in [3.05, 3.63) is 88.0 Å². The molecule has 19 nitrogen and oxygen atoms in total. The summed E-state index contributed by atoms with van der Waals surface area (Å²) >= 11 is 0. The van der Waals surface area contributed by atoms with Crippen LogP contribution in [0.5, 0.6) is 6.01 Å². The lowest BCUT2D eigenvalue weighted by Crippen LogP contribution is -2.57. The molecule has 432 valence electrons. The van der Waals surface area contributed by atoms with Gasteiger partial charge in [0.25, 0.3) is 0 Å². The van der Waals surface area contributed by atoms with Gasteiger partial charge < -0.3 is 28.7 Å². The number of hydrogen-bond acceptors (Lipinski definition) is 14. The smallest absolute Gasteiger partial charge is 0.410 e. The number of hydrogen-bond donors (Lipinski definition) is 1. The number of carbonyl (C=O) groups excluding carboxylic acids is 4. The lowest BCUT2D eigenvalue weighted by molar-refractivity contribution is -0.135. The summed E-state index contributed by atoms with van der Waals surface area (Å²) in [6, 6.07) is 12.4. The Hall–Kier alpha value is -8.14. The van der Waals surface area contributed by atoms with Gasteiger partial charge in [-0.1, -0.05) is 42.0 Å². The Balaban J connectivity index is 0.681. The summed E-state index contributed by atoms with van der Waals surface area (Å²) in [7, 11) is 1.65. The monoisotopic (exact) mass is 1130 g/mol. The van der Waals surface area contributed by atoms with Crippen LogP contribution in [0.3, 0.4) is 0 Å². The molecular weight excluding hydrogens is 1070 g/mol. The van der Waals surface area contributed by atoms with Gasteiger partial charge in [0.2, 0.25) is 11.8 Å². The molecule has 3 aromatic carbocycles. The normalized spacial score (nSPS) is 22.9. The molecule has 6 saturated heterocycles. The number of halogens is 2. The predicted molar refractivity (Wildman–Crippen MR) is 304 cm³/mol. The molecule has 0 spiro atoms. The molecule has 4 amide bonds. The molecule has 6 fully saturated rings. The quantitative estimate of drug-likeness (QED) is 0.0751. The molecule has 0 aliphatic carbocycles. The van der Waals surface area contributed by atoms with Crippen molar-refractivity contribution in [3.63, 3.8) is 0 Å². The SMILES string of the molecule is C#Cc1c(F)ccc2cccc(-c3ncc4c(N5CC6CCC(C5)N6C(=O)OC(C)(C)C)nc(OC[C@@]56CCCN5[C@H](COC(=O)N5CCC(OCCC#Cc7ccc8c(c7)n(C)c(=O)n8C7CCC(=O)NC7=O)CC5)CC6)nc4c3F)c12. The van der Waals surface area contributed by atoms with Crippen LogP contribution in [-0.2, 0) is 30.8 Å². The average molecular weight is 1130 g/mol. The van der Waals surface area contributed by atoms with E-state index in [1.54, 1.807) is 48.5 Å². The largest absolute Gasteiger partial charge is 0.461 e. The first kappa shape index (κ1) is 55.4. The summed E-state index contributed by atoms with van der Waals surface area (Å²) in [5, 5.41) is 3.69. The number of ether oxygens (including phenoxy) is 4. The maximum absolute atomic E-state index is 17.4. The van der Waals surface area contributed by atoms with Crippen LogP contribution in [0.2, 0.25) is 0 Å². The zero-order valence-electron chi connectivity index (χ0n) is 47.1. The van der Waals surface area contributed by atoms with E-state index in [4.69, 9.17) is 35.3 Å². The highest BCUT2D eigenvalue weighted by atomic mass is 19.1. The number of piperidine rings is 2. The molecule has 1 N–H and O–H groups in total. The fourth-order valence-electron chi connectivity index (χ4n) is 13.5. The van der Waals surface area contributed by atoms with Gasteiger partial charge in [-0.3, -0.25) is 38.8 Å². The van der Waals surface area contributed by atoms with Crippen LogP contribution in [0.25, 0.3) is 44.0 Å². The number of pyridine rings is 1. The van der Waals surface area contributed by atoms with E-state index in [9.17, 15) is 24.0 Å². The molecule has 6 aromatic rings. The number of carbonyl (C=O) groups is 4. The minimum Gasteiger partial charge on any atom is -0.461 e. The molecule has 9 heterocycles. The first-order chi connectivity index (χ1) is 40.0. The number of imidazole rings is 1. The van der Waals surface area contributed by atoms with Crippen molar-refractivity contribution in [3.8, 4) is 41.5 Å². The highest BCUT2D eigenvalue weighted by Crippen LogP contribution is 2.44. The van der Waals surface area contributed by atoms with Crippen molar-refractivity contribution in [2.45, 2.75) is 133 Å². The molecule has 3 unspecified atom stereocenters. The number of terminal acetylenes is 1. The van der Waals surface area contributed by atoms with Gasteiger partial charge in [-0.25, -0.2) is 23.2 Å². The number of likely N-dealkylation sites (tertiary alicyclic amines) is 1. The topological polar surface area (TPSA) is 196 Å². The molecule has 2 bridgehead atoms. The van der Waals surface area contributed by atoms with Crippen LogP contribution in [0.15, 0.2) is 59.5 Å². The standard InChI is InChI=1S/C62H66F2N10O9/c1-6-43-46(63)18-15-38-12-9-13-44(51(38)43)53-52(64)54-45(32-65-53)55(71-33-39-16-17-40(34-71)73(39)60(79)83-61(2,3)4)68-57(67-54)82-36-62-25-10-27-72(62)41(22-26-62)35-81-59(78)70-28-23-42(24-29-70)80-30-8-7-11-37-14-19-47-49(31-37)69(5)58(77)74(47)48-20-21-50(75)66-56(48)76/h1,9,12-15,18-19,31-32,39-42,48H,8,10,16-17,20-30,33-36H2,2-5H3,(H,66,75,76)/t39?,40?,41-,48?,62-/m0/s1. The van der Waals surface area contributed by atoms with Gasteiger partial charge in [0.05, 0.1) is 52.3 Å². The Morgan fingerprint density at radius 3 is 2.47 bits per heavy atom. The summed E-state index contributed by atoms with van der Waals surface area (Å²) in [5.74, 6) is 7.04. The summed E-state index contributed by atoms with van der Waals surface area (Å²) in [6.07, 6.45) is 13.7. The van der Waals surface area contributed by atoms with Crippen molar-refractivity contribution in [2.75, 3.05) is 57.4 Å². The average Bonchev–Trinajstić information content (AvgIpc) is 3.86. The molecule has 5 atom stereocenters. The number of imide groups is 1. The zero-order chi connectivity index (χ0) is 57.9. The van der Waals surface area contributed by atoms with Gasteiger partial charge in [-0.15, -0.1) is 6.42 Å². The Labute approximate surface area is 478 Å². The highest BCUT2D eigenvalue weighted by Gasteiger charge is 2.51. The number of rotatable bonds is 11. The van der Waals surface area contributed by atoms with E-state index in [1.165, 1.54) is 15.2 Å². The Bertz CT molecular complexity index is 3760. The Morgan fingerprint density at radius 2 is 1.71 bits per heavy atom. The minimum absolute atomic E-state index is 0.00605. The fraction of sp³-hybridized carbons (Fsp3) is 0.484. The number of piperazine rings is 1. The van der Waals surface area contributed by atoms with Crippen LogP contribution in [0.4, 0.5) is 24.2 Å². The molecule has 12 rings (SSSR count). The van der Waals surface area contributed by atoms with Gasteiger partial charge in [0.1, 0.15) is 47.7 Å². The second kappa shape index (κ2) is 22.2. The van der Waals surface area contributed by atoms with E-state index in [2.05, 4.69) is 37.9 Å². The molecule has 83 heavy (non-hydrogen) atoms. The van der Waals surface area contributed by atoms with Crippen LogP contribution >= 0.6 is 0 Å². The third kappa shape index (κ3) is 10.6. The van der Waals surface area contributed by atoms with Gasteiger partial charge in [0, 0.05) is 74.8 Å². The number of amides is 4. The number of nitrogens with one attached hydrogen (secondary N) is 1. The number of aromatic nitrogens is 5. The molecule has 0 saturated carbocycles.